The fourth-order valence-electron chi connectivity index (χ4n) is 4.37. The van der Waals surface area contributed by atoms with Gasteiger partial charge in [0.15, 0.2) is 15.0 Å². The molecule has 2 saturated heterocycles. The number of ether oxygens (including phenoxy) is 2. The maximum absolute atomic E-state index is 12.8. The molecule has 0 aromatic heterocycles. The summed E-state index contributed by atoms with van der Waals surface area (Å²) < 4.78 is 35.7. The molecule has 186 valence electrons. The highest BCUT2D eigenvalue weighted by Crippen LogP contribution is 2.41. The van der Waals surface area contributed by atoms with Crippen LogP contribution in [-0.4, -0.2) is 49.4 Å². The van der Waals surface area contributed by atoms with E-state index in [0.29, 0.717) is 17.5 Å². The van der Waals surface area contributed by atoms with Crippen LogP contribution in [0.1, 0.15) is 11.1 Å². The molecular weight excluding hydrogens is 496 g/mol. The van der Waals surface area contributed by atoms with Gasteiger partial charge in [0, 0.05) is 10.9 Å². The molecule has 7 nitrogen and oxygen atoms in total. The number of carbonyl (C=O) groups is 1. The van der Waals surface area contributed by atoms with Gasteiger partial charge in [-0.25, -0.2) is 8.42 Å². The number of rotatable bonds is 7. The number of methoxy groups -OCH3 is 1. The zero-order chi connectivity index (χ0) is 25.1. The first-order chi connectivity index (χ1) is 17.4. The number of nitrogens with zero attached hydrogens (tertiary/aromatic N) is 2. The van der Waals surface area contributed by atoms with Crippen LogP contribution in [0.5, 0.6) is 11.5 Å². The normalized spacial score (nSPS) is 21.4. The maximum atomic E-state index is 12.8. The maximum Gasteiger partial charge on any atom is 0.252 e. The van der Waals surface area contributed by atoms with Crippen LogP contribution in [0.15, 0.2) is 83.9 Å². The number of benzene rings is 3. The van der Waals surface area contributed by atoms with E-state index in [1.54, 1.807) is 7.11 Å². The molecule has 0 spiro atoms. The van der Waals surface area contributed by atoms with E-state index in [2.05, 4.69) is 4.99 Å². The number of anilines is 1. The van der Waals surface area contributed by atoms with Gasteiger partial charge in [-0.3, -0.25) is 4.79 Å². The molecule has 0 unspecified atom stereocenters. The van der Waals surface area contributed by atoms with Crippen LogP contribution in [0.25, 0.3) is 0 Å². The summed E-state index contributed by atoms with van der Waals surface area (Å²) in [7, 11) is -1.55. The Morgan fingerprint density at radius 1 is 0.944 bits per heavy atom. The highest BCUT2D eigenvalue weighted by molar-refractivity contribution is 8.16. The fraction of sp³-hybridized carbons (Fsp3) is 0.259. The Kier molecular flexibility index (Phi) is 7.02. The quantitative estimate of drug-likeness (QED) is 0.462. The molecule has 3 aromatic carbocycles. The van der Waals surface area contributed by atoms with Crippen LogP contribution in [-0.2, 0) is 27.7 Å². The smallest absolute Gasteiger partial charge is 0.252 e. The third kappa shape index (κ3) is 5.57. The van der Waals surface area contributed by atoms with Gasteiger partial charge < -0.3 is 14.4 Å². The van der Waals surface area contributed by atoms with Crippen LogP contribution < -0.4 is 14.4 Å². The van der Waals surface area contributed by atoms with Crippen molar-refractivity contribution in [3.63, 3.8) is 0 Å². The van der Waals surface area contributed by atoms with Gasteiger partial charge in [-0.15, -0.1) is 0 Å². The monoisotopic (exact) mass is 522 g/mol. The average molecular weight is 523 g/mol. The third-order valence-electron chi connectivity index (χ3n) is 6.16. The number of hydrogen-bond acceptors (Lipinski definition) is 6. The Morgan fingerprint density at radius 3 is 2.33 bits per heavy atom. The highest BCUT2D eigenvalue weighted by atomic mass is 32.2. The summed E-state index contributed by atoms with van der Waals surface area (Å²) in [5.41, 5.74) is 2.69. The van der Waals surface area contributed by atoms with Crippen molar-refractivity contribution in [1.29, 1.82) is 0 Å². The number of sulfone groups is 1. The van der Waals surface area contributed by atoms with Gasteiger partial charge in [0.25, 0.3) is 5.91 Å². The molecule has 0 saturated carbocycles. The van der Waals surface area contributed by atoms with Crippen LogP contribution in [0.4, 0.5) is 5.69 Å². The largest absolute Gasteiger partial charge is 0.497 e. The lowest BCUT2D eigenvalue weighted by atomic mass is 10.1. The summed E-state index contributed by atoms with van der Waals surface area (Å²) in [5.74, 6) is 1.28. The van der Waals surface area contributed by atoms with E-state index < -0.39 is 9.84 Å². The second kappa shape index (κ2) is 10.4. The molecule has 2 fully saturated rings. The van der Waals surface area contributed by atoms with Crippen molar-refractivity contribution < 1.29 is 22.7 Å². The van der Waals surface area contributed by atoms with Crippen molar-refractivity contribution in [2.75, 3.05) is 23.5 Å². The van der Waals surface area contributed by atoms with Crippen LogP contribution in [0.3, 0.4) is 0 Å². The van der Waals surface area contributed by atoms with E-state index in [-0.39, 0.29) is 35.1 Å². The van der Waals surface area contributed by atoms with Crippen molar-refractivity contribution in [2.45, 2.75) is 24.3 Å². The molecule has 36 heavy (non-hydrogen) atoms. The lowest BCUT2D eigenvalue weighted by Gasteiger charge is -2.24. The van der Waals surface area contributed by atoms with Gasteiger partial charge in [0.2, 0.25) is 0 Å². The van der Waals surface area contributed by atoms with Gasteiger partial charge in [0.1, 0.15) is 18.1 Å². The van der Waals surface area contributed by atoms with Crippen molar-refractivity contribution >= 4 is 38.4 Å². The lowest BCUT2D eigenvalue weighted by molar-refractivity contribution is -0.117. The molecule has 5 rings (SSSR count). The standard InChI is InChI=1S/C27H26N2O5S2/c1-33-22-11-7-19(8-12-22)15-26(30)28-27-29(24-17-36(31,32)18-25(24)35-27)21-9-13-23(14-10-21)34-16-20-5-3-2-4-6-20/h2-14,24-25H,15-18H2,1H3/t24-,25-/m1/s1. The summed E-state index contributed by atoms with van der Waals surface area (Å²) in [4.78, 5) is 19.1. The number of thioether (sulfide) groups is 1. The molecule has 2 heterocycles. The van der Waals surface area contributed by atoms with Gasteiger partial charge in [0.05, 0.1) is 31.1 Å². The molecular formula is C27H26N2O5S2. The molecule has 0 aliphatic carbocycles. The van der Waals surface area contributed by atoms with E-state index in [1.165, 1.54) is 11.8 Å². The number of fused-ring (bicyclic) bond motifs is 1. The van der Waals surface area contributed by atoms with Crippen molar-refractivity contribution in [3.8, 4) is 11.5 Å². The van der Waals surface area contributed by atoms with Crippen molar-refractivity contribution in [2.24, 2.45) is 4.99 Å². The second-order valence-corrected chi connectivity index (χ2v) is 12.1. The summed E-state index contributed by atoms with van der Waals surface area (Å²) >= 11 is 1.37. The zero-order valence-corrected chi connectivity index (χ0v) is 21.4. The Hall–Kier alpha value is -3.30. The fourth-order valence-corrected chi connectivity index (χ4v) is 8.31. The van der Waals surface area contributed by atoms with E-state index in [4.69, 9.17) is 9.47 Å². The predicted molar refractivity (Wildman–Crippen MR) is 143 cm³/mol. The number of amidine groups is 1. The molecule has 2 atom stereocenters. The first-order valence-electron chi connectivity index (χ1n) is 11.6. The molecule has 9 heteroatoms. The SMILES string of the molecule is COc1ccc(CC(=O)N=C2S[C@@H]3CS(=O)(=O)C[C@H]3N2c2ccc(OCc3ccccc3)cc2)cc1. The van der Waals surface area contributed by atoms with Crippen molar-refractivity contribution in [1.82, 2.24) is 0 Å². The van der Waals surface area contributed by atoms with Crippen LogP contribution >= 0.6 is 11.8 Å². The summed E-state index contributed by atoms with van der Waals surface area (Å²) in [6, 6.07) is 24.4. The van der Waals surface area contributed by atoms with Crippen LogP contribution in [0.2, 0.25) is 0 Å². The van der Waals surface area contributed by atoms with Crippen LogP contribution in [0, 0.1) is 0 Å². The molecule has 0 radical (unpaired) electrons. The summed E-state index contributed by atoms with van der Waals surface area (Å²) in [5, 5.41) is 0.382. The Labute approximate surface area is 215 Å². The van der Waals surface area contributed by atoms with Gasteiger partial charge in [-0.1, -0.05) is 54.2 Å². The Bertz CT molecular complexity index is 1360. The Balaban J connectivity index is 1.34. The molecule has 0 N–H and O–H groups in total. The first-order valence-corrected chi connectivity index (χ1v) is 14.3. The second-order valence-electron chi connectivity index (χ2n) is 8.75. The van der Waals surface area contributed by atoms with Gasteiger partial charge >= 0.3 is 0 Å². The molecule has 0 bridgehead atoms. The minimum atomic E-state index is -3.14. The zero-order valence-electron chi connectivity index (χ0n) is 19.7. The Morgan fingerprint density at radius 2 is 1.64 bits per heavy atom. The van der Waals surface area contributed by atoms with Gasteiger partial charge in [-0.2, -0.15) is 4.99 Å². The van der Waals surface area contributed by atoms with Gasteiger partial charge in [-0.05, 0) is 47.5 Å². The number of hydrogen-bond donors (Lipinski definition) is 0. The summed E-state index contributed by atoms with van der Waals surface area (Å²) in [6.07, 6.45) is 0.155. The highest BCUT2D eigenvalue weighted by Gasteiger charge is 2.49. The van der Waals surface area contributed by atoms with E-state index in [1.807, 2.05) is 83.8 Å². The van der Waals surface area contributed by atoms with E-state index in [9.17, 15) is 13.2 Å². The molecule has 1 amide bonds. The minimum Gasteiger partial charge on any atom is -0.497 e. The predicted octanol–water partition coefficient (Wildman–Crippen LogP) is 4.12. The number of aliphatic imine (C=N–C) groups is 1. The molecule has 2 aliphatic rings. The molecule has 2 aliphatic heterocycles. The third-order valence-corrected chi connectivity index (χ3v) is 9.37. The van der Waals surface area contributed by atoms with Crippen molar-refractivity contribution in [3.05, 3.63) is 90.0 Å². The molecule has 3 aromatic rings. The number of carbonyl (C=O) groups excluding carboxylic acids is 1. The average Bonchev–Trinajstić information content (AvgIpc) is 3.34. The topological polar surface area (TPSA) is 85.3 Å². The van der Waals surface area contributed by atoms with E-state index >= 15 is 0 Å². The number of amides is 1. The summed E-state index contributed by atoms with van der Waals surface area (Å²) in [6.45, 7) is 0.454. The van der Waals surface area contributed by atoms with E-state index in [0.717, 1.165) is 22.6 Å². The first kappa shape index (κ1) is 24.4. The minimum absolute atomic E-state index is 0.0443. The lowest BCUT2D eigenvalue weighted by Crippen LogP contribution is -2.37.